The van der Waals surface area contributed by atoms with Crippen molar-refractivity contribution < 1.29 is 13.2 Å². The van der Waals surface area contributed by atoms with E-state index in [1.54, 1.807) is 12.4 Å². The Morgan fingerprint density at radius 1 is 1.18 bits per heavy atom. The first-order chi connectivity index (χ1) is 10.4. The predicted molar refractivity (Wildman–Crippen MR) is 82.7 cm³/mol. The maximum absolute atomic E-state index is 12.1. The number of amides is 1. The van der Waals surface area contributed by atoms with Gasteiger partial charge in [-0.25, -0.2) is 13.6 Å². The molecule has 1 atom stereocenters. The number of aromatic nitrogens is 1. The van der Waals surface area contributed by atoms with Gasteiger partial charge in [-0.2, -0.15) is 0 Å². The third-order valence-electron chi connectivity index (χ3n) is 3.11. The Bertz CT molecular complexity index is 743. The Kier molecular flexibility index (Phi) is 4.89. The van der Waals surface area contributed by atoms with E-state index < -0.39 is 10.0 Å². The van der Waals surface area contributed by atoms with E-state index in [-0.39, 0.29) is 16.8 Å². The van der Waals surface area contributed by atoms with E-state index in [9.17, 15) is 13.2 Å². The van der Waals surface area contributed by atoms with Crippen LogP contribution in [0.4, 0.5) is 0 Å². The molecule has 0 saturated heterocycles. The van der Waals surface area contributed by atoms with Crippen LogP contribution in [-0.2, 0) is 16.4 Å². The third kappa shape index (κ3) is 4.37. The number of primary sulfonamides is 1. The van der Waals surface area contributed by atoms with Crippen molar-refractivity contribution >= 4 is 15.9 Å². The van der Waals surface area contributed by atoms with Gasteiger partial charge in [0.2, 0.25) is 10.0 Å². The fourth-order valence-corrected chi connectivity index (χ4v) is 2.54. The SMILES string of the molecule is CC(Cc1ccncc1)NC(=O)c1ccc(S(N)(=O)=O)cc1. The second-order valence-electron chi connectivity index (χ2n) is 5.00. The molecule has 0 saturated carbocycles. The fraction of sp³-hybridized carbons (Fsp3) is 0.200. The lowest BCUT2D eigenvalue weighted by Crippen LogP contribution is -2.34. The zero-order valence-corrected chi connectivity index (χ0v) is 12.9. The molecule has 0 aliphatic heterocycles. The molecule has 1 aromatic heterocycles. The van der Waals surface area contributed by atoms with Gasteiger partial charge >= 0.3 is 0 Å². The number of sulfonamides is 1. The van der Waals surface area contributed by atoms with Gasteiger partial charge in [0.05, 0.1) is 4.90 Å². The van der Waals surface area contributed by atoms with Gasteiger partial charge in [0.15, 0.2) is 0 Å². The standard InChI is InChI=1S/C15H17N3O3S/c1-11(10-12-6-8-17-9-7-12)18-15(19)13-2-4-14(5-3-13)22(16,20)21/h2-9,11H,10H2,1H3,(H,18,19)(H2,16,20,21). The van der Waals surface area contributed by atoms with Gasteiger partial charge in [-0.3, -0.25) is 9.78 Å². The maximum Gasteiger partial charge on any atom is 0.251 e. The summed E-state index contributed by atoms with van der Waals surface area (Å²) in [5.41, 5.74) is 1.46. The number of benzene rings is 1. The maximum atomic E-state index is 12.1. The van der Waals surface area contributed by atoms with Gasteiger partial charge < -0.3 is 5.32 Å². The van der Waals surface area contributed by atoms with Crippen molar-refractivity contribution in [3.63, 3.8) is 0 Å². The molecule has 0 radical (unpaired) electrons. The first kappa shape index (κ1) is 16.1. The van der Waals surface area contributed by atoms with Gasteiger partial charge in [-0.05, 0) is 55.3 Å². The Morgan fingerprint density at radius 2 is 1.77 bits per heavy atom. The molecule has 7 heteroatoms. The van der Waals surface area contributed by atoms with Gasteiger partial charge in [0.1, 0.15) is 0 Å². The van der Waals surface area contributed by atoms with Crippen LogP contribution in [-0.4, -0.2) is 25.4 Å². The molecule has 2 aromatic rings. The second kappa shape index (κ2) is 6.67. The highest BCUT2D eigenvalue weighted by Gasteiger charge is 2.12. The van der Waals surface area contributed by atoms with Crippen LogP contribution in [0.5, 0.6) is 0 Å². The van der Waals surface area contributed by atoms with Crippen molar-refractivity contribution in [2.45, 2.75) is 24.3 Å². The summed E-state index contributed by atoms with van der Waals surface area (Å²) >= 11 is 0. The smallest absolute Gasteiger partial charge is 0.251 e. The van der Waals surface area contributed by atoms with Crippen LogP contribution in [0.3, 0.4) is 0 Å². The number of rotatable bonds is 5. The molecule has 0 aliphatic carbocycles. The summed E-state index contributed by atoms with van der Waals surface area (Å²) in [6.45, 7) is 1.90. The molecular weight excluding hydrogens is 302 g/mol. The number of carbonyl (C=O) groups excluding carboxylic acids is 1. The van der Waals surface area contributed by atoms with Crippen molar-refractivity contribution in [1.82, 2.24) is 10.3 Å². The summed E-state index contributed by atoms with van der Waals surface area (Å²) in [5, 5.41) is 7.88. The first-order valence-corrected chi connectivity index (χ1v) is 8.23. The molecular formula is C15H17N3O3S. The van der Waals surface area contributed by atoms with Gasteiger partial charge in [0.25, 0.3) is 5.91 Å². The highest BCUT2D eigenvalue weighted by molar-refractivity contribution is 7.89. The quantitative estimate of drug-likeness (QED) is 0.861. The monoisotopic (exact) mass is 319 g/mol. The van der Waals surface area contributed by atoms with Crippen LogP contribution in [0, 0.1) is 0 Å². The number of pyridine rings is 1. The summed E-state index contributed by atoms with van der Waals surface area (Å²) in [4.78, 5) is 16.0. The van der Waals surface area contributed by atoms with Crippen molar-refractivity contribution in [3.8, 4) is 0 Å². The summed E-state index contributed by atoms with van der Waals surface area (Å²) in [6.07, 6.45) is 4.09. The van der Waals surface area contributed by atoms with Crippen LogP contribution >= 0.6 is 0 Å². The summed E-state index contributed by atoms with van der Waals surface area (Å²) in [6, 6.07) is 9.23. The van der Waals surface area contributed by atoms with Gasteiger partial charge in [-0.15, -0.1) is 0 Å². The molecule has 0 fully saturated rings. The van der Waals surface area contributed by atoms with Crippen molar-refractivity contribution in [2.24, 2.45) is 5.14 Å². The zero-order chi connectivity index (χ0) is 16.2. The van der Waals surface area contributed by atoms with Crippen LogP contribution in [0.2, 0.25) is 0 Å². The van der Waals surface area contributed by atoms with Crippen LogP contribution in [0.15, 0.2) is 53.7 Å². The molecule has 1 aromatic carbocycles. The second-order valence-corrected chi connectivity index (χ2v) is 6.56. The van der Waals surface area contributed by atoms with E-state index >= 15 is 0 Å². The van der Waals surface area contributed by atoms with Crippen molar-refractivity contribution in [1.29, 1.82) is 0 Å². The highest BCUT2D eigenvalue weighted by Crippen LogP contribution is 2.09. The Morgan fingerprint density at radius 3 is 2.32 bits per heavy atom. The largest absolute Gasteiger partial charge is 0.349 e. The number of nitrogens with one attached hydrogen (secondary N) is 1. The van der Waals surface area contributed by atoms with Gasteiger partial charge in [-0.1, -0.05) is 0 Å². The molecule has 0 spiro atoms. The van der Waals surface area contributed by atoms with E-state index in [1.807, 2.05) is 19.1 Å². The van der Waals surface area contributed by atoms with Crippen molar-refractivity contribution in [2.75, 3.05) is 0 Å². The minimum atomic E-state index is -3.75. The first-order valence-electron chi connectivity index (χ1n) is 6.69. The van der Waals surface area contributed by atoms with Gasteiger partial charge in [0, 0.05) is 24.0 Å². The molecule has 116 valence electrons. The predicted octanol–water partition coefficient (Wildman–Crippen LogP) is 1.09. The fourth-order valence-electron chi connectivity index (χ4n) is 2.03. The summed E-state index contributed by atoms with van der Waals surface area (Å²) in [7, 11) is -3.75. The lowest BCUT2D eigenvalue weighted by atomic mass is 10.1. The minimum absolute atomic E-state index is 0.0196. The zero-order valence-electron chi connectivity index (χ0n) is 12.1. The topological polar surface area (TPSA) is 102 Å². The average molecular weight is 319 g/mol. The number of hydrogen-bond donors (Lipinski definition) is 2. The normalized spacial score (nSPS) is 12.6. The molecule has 2 rings (SSSR count). The van der Waals surface area contributed by atoms with E-state index in [1.165, 1.54) is 24.3 Å². The summed E-state index contributed by atoms with van der Waals surface area (Å²) < 4.78 is 22.3. The van der Waals surface area contributed by atoms with E-state index in [0.29, 0.717) is 12.0 Å². The molecule has 3 N–H and O–H groups in total. The highest BCUT2D eigenvalue weighted by atomic mass is 32.2. The molecule has 1 unspecified atom stereocenters. The number of nitrogens with two attached hydrogens (primary N) is 1. The van der Waals surface area contributed by atoms with Crippen LogP contribution in [0.1, 0.15) is 22.8 Å². The van der Waals surface area contributed by atoms with E-state index in [2.05, 4.69) is 10.3 Å². The average Bonchev–Trinajstić information content (AvgIpc) is 2.47. The Labute approximate surface area is 129 Å². The Hall–Kier alpha value is -2.25. The lowest BCUT2D eigenvalue weighted by molar-refractivity contribution is 0.0940. The van der Waals surface area contributed by atoms with Crippen LogP contribution < -0.4 is 10.5 Å². The molecule has 0 bridgehead atoms. The minimum Gasteiger partial charge on any atom is -0.349 e. The van der Waals surface area contributed by atoms with E-state index in [4.69, 9.17) is 5.14 Å². The Balaban J connectivity index is 2.00. The molecule has 0 aliphatic rings. The van der Waals surface area contributed by atoms with Crippen molar-refractivity contribution in [3.05, 3.63) is 59.9 Å². The molecule has 22 heavy (non-hydrogen) atoms. The lowest BCUT2D eigenvalue weighted by Gasteiger charge is -2.14. The summed E-state index contributed by atoms with van der Waals surface area (Å²) in [5.74, 6) is -0.262. The number of carbonyl (C=O) groups is 1. The van der Waals surface area contributed by atoms with E-state index in [0.717, 1.165) is 5.56 Å². The molecule has 1 heterocycles. The number of nitrogens with zero attached hydrogens (tertiary/aromatic N) is 1. The molecule has 1 amide bonds. The third-order valence-corrected chi connectivity index (χ3v) is 4.04. The molecule has 6 nitrogen and oxygen atoms in total. The number of hydrogen-bond acceptors (Lipinski definition) is 4. The van der Waals surface area contributed by atoms with Crippen LogP contribution in [0.25, 0.3) is 0 Å².